The number of hydrogen-bond acceptors (Lipinski definition) is 2. The molecule has 48 heavy (non-hydrogen) atoms. The number of hydrogen-bond donors (Lipinski definition) is 0. The molecule has 2 aliphatic rings. The minimum Gasteiger partial charge on any atom is -0.293 e. The SMILES string of the molecule is c1ccc(-c2nc(-n3c4ccccc4c4cc5c(cc43)C3(c4ccccc4-c4ccccc43)c3ccccc3-5)c3ccccc3n2)cc1. The summed E-state index contributed by atoms with van der Waals surface area (Å²) in [6, 6.07) is 59.4. The van der Waals surface area contributed by atoms with Gasteiger partial charge in [0.1, 0.15) is 5.82 Å². The molecule has 0 fully saturated rings. The van der Waals surface area contributed by atoms with Gasteiger partial charge in [0.15, 0.2) is 5.82 Å². The lowest BCUT2D eigenvalue weighted by Gasteiger charge is -2.30. The third-order valence-electron chi connectivity index (χ3n) is 10.6. The Morgan fingerprint density at radius 1 is 0.396 bits per heavy atom. The smallest absolute Gasteiger partial charge is 0.162 e. The van der Waals surface area contributed by atoms with Crippen molar-refractivity contribution in [1.82, 2.24) is 14.5 Å². The third kappa shape index (κ3) is 3.18. The number of fused-ring (bicyclic) bond motifs is 14. The second kappa shape index (κ2) is 9.37. The summed E-state index contributed by atoms with van der Waals surface area (Å²) in [5.41, 5.74) is 14.4. The second-order valence-electron chi connectivity index (χ2n) is 12.9. The van der Waals surface area contributed by atoms with Crippen molar-refractivity contribution in [3.8, 4) is 39.5 Å². The van der Waals surface area contributed by atoms with Gasteiger partial charge in [0.05, 0.1) is 22.0 Å². The number of rotatable bonds is 2. The maximum Gasteiger partial charge on any atom is 0.162 e. The molecular formula is C45H27N3. The molecule has 0 saturated heterocycles. The Morgan fingerprint density at radius 2 is 0.958 bits per heavy atom. The summed E-state index contributed by atoms with van der Waals surface area (Å²) in [6.45, 7) is 0. The molecule has 0 radical (unpaired) electrons. The normalized spacial score (nSPS) is 13.6. The molecule has 0 atom stereocenters. The van der Waals surface area contributed by atoms with Gasteiger partial charge >= 0.3 is 0 Å². The molecule has 7 aromatic carbocycles. The van der Waals surface area contributed by atoms with Gasteiger partial charge in [-0.15, -0.1) is 0 Å². The second-order valence-corrected chi connectivity index (χ2v) is 12.9. The van der Waals surface area contributed by atoms with Gasteiger partial charge in [-0.25, -0.2) is 9.97 Å². The molecule has 11 rings (SSSR count). The zero-order chi connectivity index (χ0) is 31.4. The van der Waals surface area contributed by atoms with Crippen molar-refractivity contribution < 1.29 is 0 Å². The summed E-state index contributed by atoms with van der Waals surface area (Å²) in [6.07, 6.45) is 0. The van der Waals surface area contributed by atoms with Crippen LogP contribution in [0.15, 0.2) is 164 Å². The van der Waals surface area contributed by atoms with Gasteiger partial charge < -0.3 is 0 Å². The molecule has 0 N–H and O–H groups in total. The Morgan fingerprint density at radius 3 is 1.67 bits per heavy atom. The highest BCUT2D eigenvalue weighted by Crippen LogP contribution is 2.63. The number of nitrogens with zero attached hydrogens (tertiary/aromatic N) is 3. The van der Waals surface area contributed by atoms with E-state index in [2.05, 4.69) is 150 Å². The molecule has 0 unspecified atom stereocenters. The van der Waals surface area contributed by atoms with Gasteiger partial charge in [0, 0.05) is 21.7 Å². The summed E-state index contributed by atoms with van der Waals surface area (Å²) in [5.74, 6) is 1.61. The fourth-order valence-corrected chi connectivity index (χ4v) is 8.73. The minimum atomic E-state index is -0.419. The lowest BCUT2D eigenvalue weighted by Crippen LogP contribution is -2.25. The fourth-order valence-electron chi connectivity index (χ4n) is 8.73. The minimum absolute atomic E-state index is 0.419. The van der Waals surface area contributed by atoms with Crippen LogP contribution < -0.4 is 0 Å². The Labute approximate surface area is 277 Å². The van der Waals surface area contributed by atoms with E-state index in [0.717, 1.165) is 39.1 Å². The van der Waals surface area contributed by atoms with Crippen molar-refractivity contribution in [1.29, 1.82) is 0 Å². The largest absolute Gasteiger partial charge is 0.293 e. The van der Waals surface area contributed by atoms with E-state index >= 15 is 0 Å². The molecule has 3 nitrogen and oxygen atoms in total. The van der Waals surface area contributed by atoms with Crippen LogP contribution in [0.3, 0.4) is 0 Å². The maximum absolute atomic E-state index is 5.36. The zero-order valence-electron chi connectivity index (χ0n) is 25.9. The van der Waals surface area contributed by atoms with Crippen LogP contribution in [0.4, 0.5) is 0 Å². The van der Waals surface area contributed by atoms with Crippen molar-refractivity contribution >= 4 is 32.7 Å². The number of para-hydroxylation sites is 2. The predicted molar refractivity (Wildman–Crippen MR) is 196 cm³/mol. The monoisotopic (exact) mass is 609 g/mol. The van der Waals surface area contributed by atoms with Crippen molar-refractivity contribution in [3.63, 3.8) is 0 Å². The van der Waals surface area contributed by atoms with E-state index in [0.29, 0.717) is 0 Å². The first-order chi connectivity index (χ1) is 23.8. The zero-order valence-corrected chi connectivity index (χ0v) is 25.9. The molecular weight excluding hydrogens is 583 g/mol. The molecule has 0 bridgehead atoms. The summed E-state index contributed by atoms with van der Waals surface area (Å²) < 4.78 is 2.38. The van der Waals surface area contributed by atoms with Gasteiger partial charge in [0.2, 0.25) is 0 Å². The van der Waals surface area contributed by atoms with Crippen molar-refractivity contribution in [2.45, 2.75) is 5.41 Å². The van der Waals surface area contributed by atoms with Crippen LogP contribution in [0.25, 0.3) is 72.2 Å². The Bertz CT molecular complexity index is 2740. The Balaban J connectivity index is 1.31. The van der Waals surface area contributed by atoms with E-state index in [1.165, 1.54) is 55.3 Å². The molecule has 3 heteroatoms. The first-order valence-corrected chi connectivity index (χ1v) is 16.5. The van der Waals surface area contributed by atoms with E-state index in [4.69, 9.17) is 9.97 Å². The average Bonchev–Trinajstić information content (AvgIpc) is 3.75. The number of benzene rings is 7. The van der Waals surface area contributed by atoms with Crippen LogP contribution in [0.1, 0.15) is 22.3 Å². The van der Waals surface area contributed by atoms with Gasteiger partial charge in [-0.1, -0.05) is 133 Å². The van der Waals surface area contributed by atoms with Crippen molar-refractivity contribution in [3.05, 3.63) is 186 Å². The fraction of sp³-hybridized carbons (Fsp3) is 0.0222. The number of aromatic nitrogens is 3. The summed E-state index contributed by atoms with van der Waals surface area (Å²) in [7, 11) is 0. The Kier molecular flexibility index (Phi) is 5.04. The highest BCUT2D eigenvalue weighted by Gasteiger charge is 2.51. The van der Waals surface area contributed by atoms with Gasteiger partial charge in [-0.2, -0.15) is 0 Å². The van der Waals surface area contributed by atoms with E-state index in [-0.39, 0.29) is 0 Å². The standard InChI is InChI=1S/C45H27N3/c1-2-14-28(15-3-1)43-46-40-24-12-7-20-33(40)44(47-43)48-41-25-13-8-19-32(41)35-26-34-31-18-6-11-23-38(31)45(39(34)27-42(35)48)36-21-9-4-16-29(36)30-17-5-10-22-37(30)45/h1-27H. The molecule has 222 valence electrons. The van der Waals surface area contributed by atoms with Gasteiger partial charge in [0.25, 0.3) is 0 Å². The molecule has 2 aliphatic carbocycles. The van der Waals surface area contributed by atoms with Crippen LogP contribution in [0.2, 0.25) is 0 Å². The summed E-state index contributed by atoms with van der Waals surface area (Å²) in [5, 5.41) is 3.46. The maximum atomic E-state index is 5.36. The first kappa shape index (κ1) is 25.8. The molecule has 0 aliphatic heterocycles. The highest BCUT2D eigenvalue weighted by molar-refractivity contribution is 6.13. The molecule has 9 aromatic rings. The first-order valence-electron chi connectivity index (χ1n) is 16.5. The topological polar surface area (TPSA) is 30.7 Å². The van der Waals surface area contributed by atoms with E-state index < -0.39 is 5.41 Å². The van der Waals surface area contributed by atoms with Crippen LogP contribution in [0, 0.1) is 0 Å². The van der Waals surface area contributed by atoms with Gasteiger partial charge in [-0.3, -0.25) is 4.57 Å². The molecule has 2 heterocycles. The third-order valence-corrected chi connectivity index (χ3v) is 10.6. The van der Waals surface area contributed by atoms with Crippen molar-refractivity contribution in [2.24, 2.45) is 0 Å². The quantitative estimate of drug-likeness (QED) is 0.195. The lowest BCUT2D eigenvalue weighted by atomic mass is 9.70. The van der Waals surface area contributed by atoms with Gasteiger partial charge in [-0.05, 0) is 74.8 Å². The van der Waals surface area contributed by atoms with Crippen LogP contribution >= 0.6 is 0 Å². The predicted octanol–water partition coefficient (Wildman–Crippen LogP) is 10.7. The molecule has 2 aromatic heterocycles. The van der Waals surface area contributed by atoms with Crippen LogP contribution in [-0.2, 0) is 5.41 Å². The van der Waals surface area contributed by atoms with E-state index in [9.17, 15) is 0 Å². The van der Waals surface area contributed by atoms with Crippen molar-refractivity contribution in [2.75, 3.05) is 0 Å². The van der Waals surface area contributed by atoms with Crippen LogP contribution in [0.5, 0.6) is 0 Å². The summed E-state index contributed by atoms with van der Waals surface area (Å²) >= 11 is 0. The molecule has 0 saturated carbocycles. The van der Waals surface area contributed by atoms with E-state index in [1.807, 2.05) is 18.2 Å². The van der Waals surface area contributed by atoms with Crippen LogP contribution in [-0.4, -0.2) is 14.5 Å². The van der Waals surface area contributed by atoms with E-state index in [1.54, 1.807) is 0 Å². The average molecular weight is 610 g/mol. The molecule has 1 spiro atoms. The highest BCUT2D eigenvalue weighted by atomic mass is 15.1. The molecule has 0 amide bonds. The summed E-state index contributed by atoms with van der Waals surface area (Å²) in [4.78, 5) is 10.4. The lowest BCUT2D eigenvalue weighted by molar-refractivity contribution is 0.794. The Hall–Kier alpha value is -6.32.